The van der Waals surface area contributed by atoms with Crippen LogP contribution in [0, 0.1) is 0 Å². The third kappa shape index (κ3) is 6.21. The topological polar surface area (TPSA) is 102 Å². The van der Waals surface area contributed by atoms with Gasteiger partial charge in [-0.1, -0.05) is 0 Å². The molecule has 0 saturated carbocycles. The Labute approximate surface area is 178 Å². The van der Waals surface area contributed by atoms with Crippen LogP contribution < -0.4 is 25.4 Å². The molecule has 0 fully saturated rings. The van der Waals surface area contributed by atoms with E-state index < -0.39 is 6.03 Å². The molecule has 2 aromatic carbocycles. The van der Waals surface area contributed by atoms with E-state index in [-0.39, 0.29) is 12.3 Å². The third-order valence-corrected chi connectivity index (χ3v) is 4.91. The molecular weight excluding hydrogens is 404 g/mol. The highest BCUT2D eigenvalue weighted by atomic mass is 32.1. The van der Waals surface area contributed by atoms with Gasteiger partial charge in [-0.25, -0.2) is 9.78 Å². The molecule has 0 aliphatic rings. The molecule has 0 radical (unpaired) electrons. The maximum Gasteiger partial charge on any atom is 0.325 e. The molecule has 0 aliphatic heterocycles. The average molecular weight is 426 g/mol. The summed E-state index contributed by atoms with van der Waals surface area (Å²) in [5.74, 6) is 1.33. The number of nitrogens with one attached hydrogen (secondary N) is 3. The van der Waals surface area contributed by atoms with E-state index in [4.69, 9.17) is 9.47 Å². The summed E-state index contributed by atoms with van der Waals surface area (Å²) in [6, 6.07) is 13.7. The summed E-state index contributed by atoms with van der Waals surface area (Å²) in [6.45, 7) is 0. The van der Waals surface area contributed by atoms with Gasteiger partial charge in [0.1, 0.15) is 11.5 Å². The molecule has 3 rings (SSSR count). The predicted octanol–water partition coefficient (Wildman–Crippen LogP) is 4.38. The third-order valence-electron chi connectivity index (χ3n) is 4.10. The molecule has 156 valence electrons. The van der Waals surface area contributed by atoms with Gasteiger partial charge in [-0.3, -0.25) is 10.1 Å². The number of hydrogen-bond acceptors (Lipinski definition) is 6. The highest BCUT2D eigenvalue weighted by Crippen LogP contribution is 2.19. The van der Waals surface area contributed by atoms with Gasteiger partial charge in [0.05, 0.1) is 19.9 Å². The summed E-state index contributed by atoms with van der Waals surface area (Å²) in [5.41, 5.74) is 2.08. The molecule has 0 aliphatic carbocycles. The second-order valence-corrected chi connectivity index (χ2v) is 7.09. The quantitative estimate of drug-likeness (QED) is 0.496. The number of urea groups is 1. The van der Waals surface area contributed by atoms with Gasteiger partial charge in [0.2, 0.25) is 5.91 Å². The predicted molar refractivity (Wildman–Crippen MR) is 118 cm³/mol. The molecule has 8 nitrogen and oxygen atoms in total. The largest absolute Gasteiger partial charge is 0.497 e. The molecule has 3 aromatic rings. The van der Waals surface area contributed by atoms with Crippen molar-refractivity contribution in [1.82, 2.24) is 4.98 Å². The van der Waals surface area contributed by atoms with Gasteiger partial charge in [0, 0.05) is 23.2 Å². The second kappa shape index (κ2) is 10.3. The molecule has 3 N–H and O–H groups in total. The Morgan fingerprint density at radius 2 is 1.43 bits per heavy atom. The monoisotopic (exact) mass is 426 g/mol. The first kappa shape index (κ1) is 21.1. The Bertz CT molecular complexity index is 987. The SMILES string of the molecule is COc1ccc(NC(=O)CCc2csc(NC(=O)Nc3ccc(OC)cc3)n2)cc1. The normalized spacial score (nSPS) is 10.2. The standard InChI is InChI=1S/C21H22N4O4S/c1-28-17-8-3-14(4-9-17)22-19(26)12-7-16-13-30-21(24-16)25-20(27)23-15-5-10-18(29-2)11-6-15/h3-6,8-11,13H,7,12H2,1-2H3,(H,22,26)(H2,23,24,25,27). The fourth-order valence-corrected chi connectivity index (χ4v) is 3.29. The minimum Gasteiger partial charge on any atom is -0.497 e. The van der Waals surface area contributed by atoms with Crippen LogP contribution in [-0.2, 0) is 11.2 Å². The van der Waals surface area contributed by atoms with E-state index in [1.54, 1.807) is 62.8 Å². The summed E-state index contributed by atoms with van der Waals surface area (Å²) in [7, 11) is 3.17. The second-order valence-electron chi connectivity index (χ2n) is 6.23. The minimum absolute atomic E-state index is 0.111. The van der Waals surface area contributed by atoms with E-state index in [0.29, 0.717) is 28.7 Å². The molecule has 0 bridgehead atoms. The summed E-state index contributed by atoms with van der Waals surface area (Å²) >= 11 is 1.31. The maximum atomic E-state index is 12.1. The number of anilines is 3. The summed E-state index contributed by atoms with van der Waals surface area (Å²) in [5, 5.41) is 10.5. The van der Waals surface area contributed by atoms with Crippen LogP contribution in [0.5, 0.6) is 11.5 Å². The molecule has 1 heterocycles. The fourth-order valence-electron chi connectivity index (χ4n) is 2.55. The number of aromatic nitrogens is 1. The number of nitrogens with zero attached hydrogens (tertiary/aromatic N) is 1. The van der Waals surface area contributed by atoms with Crippen molar-refractivity contribution in [2.45, 2.75) is 12.8 Å². The molecule has 1 aromatic heterocycles. The number of carbonyl (C=O) groups excluding carboxylic acids is 2. The number of amides is 3. The van der Waals surface area contributed by atoms with Gasteiger partial charge < -0.3 is 20.1 Å². The number of ether oxygens (including phenoxy) is 2. The van der Waals surface area contributed by atoms with E-state index >= 15 is 0 Å². The van der Waals surface area contributed by atoms with Crippen molar-refractivity contribution in [3.05, 3.63) is 59.6 Å². The number of methoxy groups -OCH3 is 2. The lowest BCUT2D eigenvalue weighted by atomic mass is 10.2. The van der Waals surface area contributed by atoms with Gasteiger partial charge in [-0.15, -0.1) is 11.3 Å². The zero-order valence-electron chi connectivity index (χ0n) is 16.6. The van der Waals surface area contributed by atoms with E-state index in [9.17, 15) is 9.59 Å². The van der Waals surface area contributed by atoms with E-state index in [1.807, 2.05) is 5.38 Å². The van der Waals surface area contributed by atoms with Gasteiger partial charge in [-0.2, -0.15) is 0 Å². The fraction of sp³-hybridized carbons (Fsp3) is 0.190. The van der Waals surface area contributed by atoms with E-state index in [1.165, 1.54) is 11.3 Å². The van der Waals surface area contributed by atoms with Gasteiger partial charge in [0.15, 0.2) is 5.13 Å². The lowest BCUT2D eigenvalue weighted by molar-refractivity contribution is -0.116. The summed E-state index contributed by atoms with van der Waals surface area (Å²) < 4.78 is 10.2. The Morgan fingerprint density at radius 3 is 2.00 bits per heavy atom. The van der Waals surface area contributed by atoms with E-state index in [0.717, 1.165) is 11.4 Å². The molecule has 9 heteroatoms. The van der Waals surface area contributed by atoms with Crippen LogP contribution in [0.1, 0.15) is 12.1 Å². The number of aryl methyl sites for hydroxylation is 1. The van der Waals surface area contributed by atoms with E-state index in [2.05, 4.69) is 20.9 Å². The number of thiazole rings is 1. The average Bonchev–Trinajstić information content (AvgIpc) is 3.20. The lowest BCUT2D eigenvalue weighted by Gasteiger charge is -2.06. The van der Waals surface area contributed by atoms with Gasteiger partial charge >= 0.3 is 6.03 Å². The van der Waals surface area contributed by atoms with Crippen LogP contribution in [0.15, 0.2) is 53.9 Å². The van der Waals surface area contributed by atoms with Crippen LogP contribution >= 0.6 is 11.3 Å². The van der Waals surface area contributed by atoms with Crippen LogP contribution in [0.3, 0.4) is 0 Å². The highest BCUT2D eigenvalue weighted by Gasteiger charge is 2.09. The van der Waals surface area contributed by atoms with Crippen LogP contribution in [-0.4, -0.2) is 31.1 Å². The zero-order valence-corrected chi connectivity index (χ0v) is 17.4. The molecule has 0 spiro atoms. The van der Waals surface area contributed by atoms with Crippen molar-refractivity contribution in [2.24, 2.45) is 0 Å². The van der Waals surface area contributed by atoms with Crippen molar-refractivity contribution >= 4 is 39.8 Å². The van der Waals surface area contributed by atoms with Crippen molar-refractivity contribution in [3.8, 4) is 11.5 Å². The maximum absolute atomic E-state index is 12.1. The molecule has 3 amide bonds. The summed E-state index contributed by atoms with van der Waals surface area (Å²) in [6.07, 6.45) is 0.757. The van der Waals surface area contributed by atoms with Crippen molar-refractivity contribution < 1.29 is 19.1 Å². The molecule has 0 atom stereocenters. The Balaban J connectivity index is 1.44. The molecule has 0 saturated heterocycles. The molecule has 0 unspecified atom stereocenters. The van der Waals surface area contributed by atoms with Crippen molar-refractivity contribution in [3.63, 3.8) is 0 Å². The zero-order chi connectivity index (χ0) is 21.3. The highest BCUT2D eigenvalue weighted by molar-refractivity contribution is 7.13. The smallest absolute Gasteiger partial charge is 0.325 e. The van der Waals surface area contributed by atoms with Gasteiger partial charge in [0.25, 0.3) is 0 Å². The minimum atomic E-state index is -0.390. The summed E-state index contributed by atoms with van der Waals surface area (Å²) in [4.78, 5) is 28.6. The van der Waals surface area contributed by atoms with Crippen LogP contribution in [0.25, 0.3) is 0 Å². The number of rotatable bonds is 8. The first-order chi connectivity index (χ1) is 14.6. The van der Waals surface area contributed by atoms with Crippen molar-refractivity contribution in [1.29, 1.82) is 0 Å². The number of hydrogen-bond donors (Lipinski definition) is 3. The Kier molecular flexibility index (Phi) is 7.23. The molecular formula is C21H22N4O4S. The Hall–Kier alpha value is -3.59. The van der Waals surface area contributed by atoms with Gasteiger partial charge in [-0.05, 0) is 55.0 Å². The van der Waals surface area contributed by atoms with Crippen LogP contribution in [0.4, 0.5) is 21.3 Å². The number of carbonyl (C=O) groups is 2. The van der Waals surface area contributed by atoms with Crippen LogP contribution in [0.2, 0.25) is 0 Å². The molecule has 30 heavy (non-hydrogen) atoms. The Morgan fingerprint density at radius 1 is 0.867 bits per heavy atom. The first-order valence-corrected chi connectivity index (χ1v) is 10.0. The first-order valence-electron chi connectivity index (χ1n) is 9.16. The lowest BCUT2D eigenvalue weighted by Crippen LogP contribution is -2.19. The van der Waals surface area contributed by atoms with Crippen molar-refractivity contribution in [2.75, 3.05) is 30.2 Å². The number of benzene rings is 2.